The van der Waals surface area contributed by atoms with Crippen LogP contribution in [0, 0.1) is 25.6 Å². The Morgan fingerprint density at radius 2 is 1.71 bits per heavy atom. The van der Waals surface area contributed by atoms with Crippen LogP contribution in [0.25, 0.3) is 0 Å². The van der Waals surface area contributed by atoms with Crippen LogP contribution in [0.1, 0.15) is 37.5 Å². The lowest BCUT2D eigenvalue weighted by atomic mass is 10.1. The molecule has 2 aromatic carbocycles. The molecule has 0 aliphatic rings. The predicted octanol–water partition coefficient (Wildman–Crippen LogP) is 3.40. The maximum Gasteiger partial charge on any atom is 0.244 e. The van der Waals surface area contributed by atoms with E-state index in [2.05, 4.69) is 5.32 Å². The van der Waals surface area contributed by atoms with Gasteiger partial charge < -0.3 is 10.2 Å². The maximum absolute atomic E-state index is 14.4. The molecule has 0 heterocycles. The summed E-state index contributed by atoms with van der Waals surface area (Å²) >= 11 is 0. The van der Waals surface area contributed by atoms with Crippen molar-refractivity contribution in [2.45, 2.75) is 47.2 Å². The summed E-state index contributed by atoms with van der Waals surface area (Å²) < 4.78 is 40.7. The lowest BCUT2D eigenvalue weighted by Crippen LogP contribution is -2.51. The van der Waals surface area contributed by atoms with Gasteiger partial charge in [-0.1, -0.05) is 49.7 Å². The maximum atomic E-state index is 14.4. The molecule has 0 fully saturated rings. The summed E-state index contributed by atoms with van der Waals surface area (Å²) in [5, 5.41) is 2.79. The van der Waals surface area contributed by atoms with E-state index < -0.39 is 40.2 Å². The summed E-state index contributed by atoms with van der Waals surface area (Å²) in [4.78, 5) is 27.5. The zero-order valence-corrected chi connectivity index (χ0v) is 21.4. The Bertz CT molecular complexity index is 1130. The van der Waals surface area contributed by atoms with E-state index in [1.54, 1.807) is 32.0 Å². The van der Waals surface area contributed by atoms with Gasteiger partial charge in [-0.25, -0.2) is 12.8 Å². The minimum Gasteiger partial charge on any atom is -0.354 e. The molecule has 0 spiro atoms. The third-order valence-electron chi connectivity index (χ3n) is 5.45. The number of halogens is 1. The molecule has 0 radical (unpaired) electrons. The number of amides is 2. The molecule has 0 unspecified atom stereocenters. The van der Waals surface area contributed by atoms with Gasteiger partial charge in [0, 0.05) is 18.7 Å². The van der Waals surface area contributed by atoms with E-state index in [4.69, 9.17) is 0 Å². The fourth-order valence-corrected chi connectivity index (χ4v) is 4.43. The number of sulfonamides is 1. The molecule has 186 valence electrons. The van der Waals surface area contributed by atoms with Gasteiger partial charge in [-0.15, -0.1) is 0 Å². The molecule has 0 bridgehead atoms. The first kappa shape index (κ1) is 27.3. The predicted molar refractivity (Wildman–Crippen MR) is 132 cm³/mol. The highest BCUT2D eigenvalue weighted by Crippen LogP contribution is 2.24. The van der Waals surface area contributed by atoms with Gasteiger partial charge >= 0.3 is 0 Å². The lowest BCUT2D eigenvalue weighted by Gasteiger charge is -2.32. The van der Waals surface area contributed by atoms with Crippen molar-refractivity contribution >= 4 is 27.5 Å². The number of carbonyl (C=O) groups is 2. The zero-order valence-electron chi connectivity index (χ0n) is 20.6. The number of nitrogens with one attached hydrogen (secondary N) is 1. The van der Waals surface area contributed by atoms with Crippen molar-refractivity contribution in [3.8, 4) is 0 Å². The number of rotatable bonds is 10. The molecule has 9 heteroatoms. The van der Waals surface area contributed by atoms with E-state index in [9.17, 15) is 22.4 Å². The van der Waals surface area contributed by atoms with Crippen LogP contribution >= 0.6 is 0 Å². The van der Waals surface area contributed by atoms with Crippen LogP contribution in [0.3, 0.4) is 0 Å². The monoisotopic (exact) mass is 491 g/mol. The molecule has 2 amide bonds. The van der Waals surface area contributed by atoms with Gasteiger partial charge in [0.1, 0.15) is 18.4 Å². The minimum atomic E-state index is -3.82. The van der Waals surface area contributed by atoms with Gasteiger partial charge in [-0.3, -0.25) is 13.9 Å². The topological polar surface area (TPSA) is 86.8 Å². The molecule has 1 atom stereocenters. The van der Waals surface area contributed by atoms with Crippen LogP contribution in [0.4, 0.5) is 10.1 Å². The van der Waals surface area contributed by atoms with Gasteiger partial charge in [0.05, 0.1) is 11.9 Å². The fraction of sp³-hybridized carbons (Fsp3) is 0.440. The Morgan fingerprint density at radius 3 is 2.26 bits per heavy atom. The average Bonchev–Trinajstić information content (AvgIpc) is 2.74. The third-order valence-corrected chi connectivity index (χ3v) is 6.58. The molecule has 0 aliphatic carbocycles. The van der Waals surface area contributed by atoms with Gasteiger partial charge in [-0.05, 0) is 44.4 Å². The van der Waals surface area contributed by atoms with Crippen LogP contribution in [0.2, 0.25) is 0 Å². The highest BCUT2D eigenvalue weighted by Gasteiger charge is 2.31. The number of carbonyl (C=O) groups excluding carboxylic acids is 2. The summed E-state index contributed by atoms with van der Waals surface area (Å²) in [6.45, 7) is 8.83. The van der Waals surface area contributed by atoms with Crippen molar-refractivity contribution in [3.63, 3.8) is 0 Å². The van der Waals surface area contributed by atoms with Crippen molar-refractivity contribution < 1.29 is 22.4 Å². The number of hydrogen-bond acceptors (Lipinski definition) is 4. The Hall–Kier alpha value is -2.94. The van der Waals surface area contributed by atoms with Gasteiger partial charge in [0.15, 0.2) is 0 Å². The van der Waals surface area contributed by atoms with Crippen molar-refractivity contribution in [2.75, 3.05) is 23.7 Å². The number of anilines is 1. The van der Waals surface area contributed by atoms with Gasteiger partial charge in [0.25, 0.3) is 0 Å². The first-order valence-corrected chi connectivity index (χ1v) is 13.0. The van der Waals surface area contributed by atoms with Crippen molar-refractivity contribution in [1.82, 2.24) is 10.2 Å². The largest absolute Gasteiger partial charge is 0.354 e. The number of aryl methyl sites for hydroxylation is 2. The molecular weight excluding hydrogens is 457 g/mol. The smallest absolute Gasteiger partial charge is 0.244 e. The second kappa shape index (κ2) is 11.5. The SMILES string of the molecule is Cc1ccc(N(CC(=O)N(Cc2ccccc2F)[C@@H](C)C(=O)NCC(C)C)S(C)(=O)=O)c(C)c1. The Balaban J connectivity index is 2.41. The molecule has 2 aromatic rings. The second-order valence-electron chi connectivity index (χ2n) is 8.99. The van der Waals surface area contributed by atoms with E-state index in [0.717, 1.165) is 16.1 Å². The van der Waals surface area contributed by atoms with E-state index in [-0.39, 0.29) is 18.0 Å². The Morgan fingerprint density at radius 1 is 1.06 bits per heavy atom. The highest BCUT2D eigenvalue weighted by molar-refractivity contribution is 7.92. The van der Waals surface area contributed by atoms with Gasteiger partial charge in [0.2, 0.25) is 21.8 Å². The van der Waals surface area contributed by atoms with E-state index >= 15 is 0 Å². The fourth-order valence-electron chi connectivity index (χ4n) is 3.53. The lowest BCUT2D eigenvalue weighted by molar-refractivity contribution is -0.139. The molecule has 34 heavy (non-hydrogen) atoms. The van der Waals surface area contributed by atoms with Crippen molar-refractivity contribution in [1.29, 1.82) is 0 Å². The molecule has 1 N–H and O–H groups in total. The number of benzene rings is 2. The number of hydrogen-bond donors (Lipinski definition) is 1. The highest BCUT2D eigenvalue weighted by atomic mass is 32.2. The van der Waals surface area contributed by atoms with Gasteiger partial charge in [-0.2, -0.15) is 0 Å². The molecular formula is C25H34FN3O4S. The van der Waals surface area contributed by atoms with Crippen LogP contribution in [-0.2, 0) is 26.2 Å². The number of nitrogens with zero attached hydrogens (tertiary/aromatic N) is 2. The van der Waals surface area contributed by atoms with E-state index in [1.165, 1.54) is 23.1 Å². The first-order valence-electron chi connectivity index (χ1n) is 11.2. The third kappa shape index (κ3) is 7.28. The summed E-state index contributed by atoms with van der Waals surface area (Å²) in [6.07, 6.45) is 1.03. The van der Waals surface area contributed by atoms with Crippen LogP contribution in [0.15, 0.2) is 42.5 Å². The second-order valence-corrected chi connectivity index (χ2v) is 10.9. The minimum absolute atomic E-state index is 0.174. The zero-order chi connectivity index (χ0) is 25.6. The summed E-state index contributed by atoms with van der Waals surface area (Å²) in [6, 6.07) is 10.3. The van der Waals surface area contributed by atoms with Crippen LogP contribution in [0.5, 0.6) is 0 Å². The molecule has 7 nitrogen and oxygen atoms in total. The Labute approximate surface area is 202 Å². The van der Waals surface area contributed by atoms with E-state index in [1.807, 2.05) is 26.8 Å². The van der Waals surface area contributed by atoms with Crippen molar-refractivity contribution in [3.05, 3.63) is 65.0 Å². The average molecular weight is 492 g/mol. The molecule has 2 rings (SSSR count). The van der Waals surface area contributed by atoms with E-state index in [0.29, 0.717) is 17.8 Å². The molecule has 0 aliphatic heterocycles. The summed E-state index contributed by atoms with van der Waals surface area (Å²) in [5.74, 6) is -1.31. The van der Waals surface area contributed by atoms with Crippen LogP contribution in [-0.4, -0.2) is 50.5 Å². The summed E-state index contributed by atoms with van der Waals surface area (Å²) in [5.41, 5.74) is 2.26. The molecule has 0 aromatic heterocycles. The van der Waals surface area contributed by atoms with Crippen molar-refractivity contribution in [2.24, 2.45) is 5.92 Å². The summed E-state index contributed by atoms with van der Waals surface area (Å²) in [7, 11) is -3.82. The molecule has 0 saturated carbocycles. The Kier molecular flexibility index (Phi) is 9.21. The normalized spacial score (nSPS) is 12.4. The quantitative estimate of drug-likeness (QED) is 0.552. The van der Waals surface area contributed by atoms with Crippen LogP contribution < -0.4 is 9.62 Å². The first-order chi connectivity index (χ1) is 15.8. The molecule has 0 saturated heterocycles. The standard InChI is InChI=1S/C25H34FN3O4S/c1-17(2)14-27-25(31)20(5)28(15-21-9-7-8-10-22(21)26)24(30)16-29(34(6,32)33)23-12-11-18(3)13-19(23)4/h7-13,17,20H,14-16H2,1-6H3,(H,27,31)/t20-/m0/s1.